The summed E-state index contributed by atoms with van der Waals surface area (Å²) in [6.07, 6.45) is -5.28. The highest BCUT2D eigenvalue weighted by Crippen LogP contribution is 2.25. The number of carbonyl (C=O) groups excluding carboxylic acids is 1. The van der Waals surface area contributed by atoms with Crippen LogP contribution in [0.4, 0.5) is 18.9 Å². The Morgan fingerprint density at radius 2 is 1.64 bits per heavy atom. The molecular formula is C18H20ClF3N2O. The summed E-state index contributed by atoms with van der Waals surface area (Å²) < 4.78 is 37.2. The van der Waals surface area contributed by atoms with Crippen molar-refractivity contribution >= 4 is 24.0 Å². The molecule has 2 aromatic rings. The molecule has 0 saturated carbocycles. The van der Waals surface area contributed by atoms with Crippen molar-refractivity contribution in [2.75, 3.05) is 5.32 Å². The van der Waals surface area contributed by atoms with Gasteiger partial charge in [-0.2, -0.15) is 13.2 Å². The van der Waals surface area contributed by atoms with Crippen LogP contribution in [0.25, 0.3) is 0 Å². The first-order valence-corrected chi connectivity index (χ1v) is 7.60. The van der Waals surface area contributed by atoms with Crippen molar-refractivity contribution in [1.82, 2.24) is 0 Å². The summed E-state index contributed by atoms with van der Waals surface area (Å²) in [5, 5.41) is 2.66. The van der Waals surface area contributed by atoms with Crippen LogP contribution >= 0.6 is 12.4 Å². The second-order valence-electron chi connectivity index (χ2n) is 5.54. The lowest BCUT2D eigenvalue weighted by atomic mass is 10.0. The Hall–Kier alpha value is -2.05. The third kappa shape index (κ3) is 7.15. The molecule has 0 radical (unpaired) electrons. The standard InChI is InChI=1S/C18H19F3N2O.ClH/c19-18(20,21)11-10-14-8-4-5-9-16(14)23-17(24)12-15(22)13-6-2-1-3-7-13;/h1-9,15H,10-12,22H2,(H,23,24);1H. The number of nitrogens with two attached hydrogens (primary N) is 1. The van der Waals surface area contributed by atoms with Crippen LogP contribution in [0.2, 0.25) is 0 Å². The minimum atomic E-state index is -4.23. The van der Waals surface area contributed by atoms with E-state index in [1.165, 1.54) is 0 Å². The summed E-state index contributed by atoms with van der Waals surface area (Å²) >= 11 is 0. The van der Waals surface area contributed by atoms with Crippen LogP contribution in [0, 0.1) is 0 Å². The van der Waals surface area contributed by atoms with Gasteiger partial charge in [-0.3, -0.25) is 4.79 Å². The van der Waals surface area contributed by atoms with E-state index in [1.54, 1.807) is 24.3 Å². The summed E-state index contributed by atoms with van der Waals surface area (Å²) in [5.74, 6) is -0.328. The molecule has 2 aromatic carbocycles. The predicted octanol–water partition coefficient (Wildman–Crippen LogP) is 4.63. The molecule has 0 aromatic heterocycles. The average Bonchev–Trinajstić information content (AvgIpc) is 2.54. The number of aryl methyl sites for hydroxylation is 1. The molecular weight excluding hydrogens is 353 g/mol. The van der Waals surface area contributed by atoms with Crippen molar-refractivity contribution in [2.24, 2.45) is 5.73 Å². The van der Waals surface area contributed by atoms with Crippen molar-refractivity contribution in [3.05, 3.63) is 65.7 Å². The molecule has 1 amide bonds. The molecule has 0 spiro atoms. The largest absolute Gasteiger partial charge is 0.389 e. The Bertz CT molecular complexity index is 678. The third-order valence-corrected chi connectivity index (χ3v) is 3.60. The molecule has 136 valence electrons. The number of rotatable bonds is 6. The highest BCUT2D eigenvalue weighted by Gasteiger charge is 2.27. The van der Waals surface area contributed by atoms with E-state index in [4.69, 9.17) is 5.73 Å². The number of hydrogen-bond donors (Lipinski definition) is 2. The molecule has 3 nitrogen and oxygen atoms in total. The zero-order valence-electron chi connectivity index (χ0n) is 13.4. The van der Waals surface area contributed by atoms with Gasteiger partial charge in [-0.05, 0) is 23.6 Å². The first-order valence-electron chi connectivity index (χ1n) is 7.60. The number of anilines is 1. The Morgan fingerprint density at radius 1 is 1.04 bits per heavy atom. The number of alkyl halides is 3. The molecule has 0 aliphatic heterocycles. The van der Waals surface area contributed by atoms with E-state index in [2.05, 4.69) is 5.32 Å². The molecule has 7 heteroatoms. The summed E-state index contributed by atoms with van der Waals surface area (Å²) in [6, 6.07) is 15.2. The van der Waals surface area contributed by atoms with Crippen LogP contribution in [0.5, 0.6) is 0 Å². The number of carbonyl (C=O) groups is 1. The zero-order valence-corrected chi connectivity index (χ0v) is 14.2. The molecule has 2 rings (SSSR count). The number of para-hydroxylation sites is 1. The molecule has 1 atom stereocenters. The van der Waals surface area contributed by atoms with Gasteiger partial charge in [0.1, 0.15) is 0 Å². The quantitative estimate of drug-likeness (QED) is 0.776. The molecule has 25 heavy (non-hydrogen) atoms. The maximum Gasteiger partial charge on any atom is 0.389 e. The van der Waals surface area contributed by atoms with Crippen molar-refractivity contribution in [1.29, 1.82) is 0 Å². The molecule has 0 aliphatic rings. The third-order valence-electron chi connectivity index (χ3n) is 3.60. The highest BCUT2D eigenvalue weighted by molar-refractivity contribution is 5.92. The lowest BCUT2D eigenvalue weighted by Gasteiger charge is -2.15. The van der Waals surface area contributed by atoms with Gasteiger partial charge in [0.2, 0.25) is 5.91 Å². The Morgan fingerprint density at radius 3 is 2.28 bits per heavy atom. The van der Waals surface area contributed by atoms with Crippen molar-refractivity contribution < 1.29 is 18.0 Å². The van der Waals surface area contributed by atoms with Gasteiger partial charge in [0.15, 0.2) is 0 Å². The van der Waals surface area contributed by atoms with Gasteiger partial charge >= 0.3 is 6.18 Å². The average molecular weight is 373 g/mol. The minimum Gasteiger partial charge on any atom is -0.326 e. The van der Waals surface area contributed by atoms with E-state index in [1.807, 2.05) is 30.3 Å². The first-order chi connectivity index (χ1) is 11.3. The van der Waals surface area contributed by atoms with Gasteiger partial charge in [-0.25, -0.2) is 0 Å². The van der Waals surface area contributed by atoms with Crippen LogP contribution < -0.4 is 11.1 Å². The van der Waals surface area contributed by atoms with Crippen molar-refractivity contribution in [3.8, 4) is 0 Å². The summed E-state index contributed by atoms with van der Waals surface area (Å²) in [7, 11) is 0. The van der Waals surface area contributed by atoms with E-state index in [0.29, 0.717) is 11.3 Å². The molecule has 0 aliphatic carbocycles. The Labute approximate surface area is 150 Å². The Kier molecular flexibility index (Phi) is 7.93. The minimum absolute atomic E-state index is 0. The second-order valence-corrected chi connectivity index (χ2v) is 5.54. The SMILES string of the molecule is Cl.NC(CC(=O)Nc1ccccc1CCC(F)(F)F)c1ccccc1. The molecule has 3 N–H and O–H groups in total. The predicted molar refractivity (Wildman–Crippen MR) is 94.7 cm³/mol. The molecule has 0 bridgehead atoms. The van der Waals surface area contributed by atoms with E-state index < -0.39 is 18.6 Å². The maximum atomic E-state index is 12.4. The van der Waals surface area contributed by atoms with Crippen molar-refractivity contribution in [3.63, 3.8) is 0 Å². The van der Waals surface area contributed by atoms with Gasteiger partial charge in [0.05, 0.1) is 0 Å². The lowest BCUT2D eigenvalue weighted by Crippen LogP contribution is -2.21. The van der Waals surface area contributed by atoms with Crippen LogP contribution in [-0.4, -0.2) is 12.1 Å². The van der Waals surface area contributed by atoms with Crippen LogP contribution in [-0.2, 0) is 11.2 Å². The summed E-state index contributed by atoms with van der Waals surface area (Å²) in [5.41, 5.74) is 7.68. The summed E-state index contributed by atoms with van der Waals surface area (Å²) in [6.45, 7) is 0. The fourth-order valence-corrected chi connectivity index (χ4v) is 2.36. The van der Waals surface area contributed by atoms with E-state index in [9.17, 15) is 18.0 Å². The lowest BCUT2D eigenvalue weighted by molar-refractivity contribution is -0.133. The van der Waals surface area contributed by atoms with Gasteiger partial charge in [-0.1, -0.05) is 48.5 Å². The second kappa shape index (κ2) is 9.44. The number of halogens is 4. The van der Waals surface area contributed by atoms with E-state index in [-0.39, 0.29) is 31.2 Å². The number of amides is 1. The molecule has 0 fully saturated rings. The fourth-order valence-electron chi connectivity index (χ4n) is 2.36. The van der Waals surface area contributed by atoms with Crippen molar-refractivity contribution in [2.45, 2.75) is 31.5 Å². The molecule has 0 heterocycles. The van der Waals surface area contributed by atoms with E-state index in [0.717, 1.165) is 5.56 Å². The normalized spacial score (nSPS) is 12.2. The molecule has 0 saturated heterocycles. The number of hydrogen-bond acceptors (Lipinski definition) is 2. The Balaban J connectivity index is 0.00000312. The van der Waals surface area contributed by atoms with Gasteiger partial charge in [-0.15, -0.1) is 12.4 Å². The van der Waals surface area contributed by atoms with Crippen LogP contribution in [0.1, 0.15) is 30.0 Å². The topological polar surface area (TPSA) is 55.1 Å². The fraction of sp³-hybridized carbons (Fsp3) is 0.278. The summed E-state index contributed by atoms with van der Waals surface area (Å²) in [4.78, 5) is 12.1. The zero-order chi connectivity index (χ0) is 17.6. The number of nitrogens with one attached hydrogen (secondary N) is 1. The van der Waals surface area contributed by atoms with E-state index >= 15 is 0 Å². The van der Waals surface area contributed by atoms with Gasteiger partial charge in [0.25, 0.3) is 0 Å². The highest BCUT2D eigenvalue weighted by atomic mass is 35.5. The van der Waals surface area contributed by atoms with Gasteiger partial charge < -0.3 is 11.1 Å². The van der Waals surface area contributed by atoms with Crippen LogP contribution in [0.15, 0.2) is 54.6 Å². The molecule has 1 unspecified atom stereocenters. The van der Waals surface area contributed by atoms with Crippen LogP contribution in [0.3, 0.4) is 0 Å². The smallest absolute Gasteiger partial charge is 0.326 e. The van der Waals surface area contributed by atoms with Gasteiger partial charge in [0, 0.05) is 24.6 Å². The first kappa shape index (κ1) is 21.0. The number of benzene rings is 2. The maximum absolute atomic E-state index is 12.4. The monoisotopic (exact) mass is 372 g/mol.